The fourth-order valence-electron chi connectivity index (χ4n) is 11.2. The number of para-hydroxylation sites is 2. The zero-order valence-corrected chi connectivity index (χ0v) is 36.3. The summed E-state index contributed by atoms with van der Waals surface area (Å²) >= 11 is 0. The van der Waals surface area contributed by atoms with E-state index in [2.05, 4.69) is 252 Å². The number of benzene rings is 11. The summed E-state index contributed by atoms with van der Waals surface area (Å²) in [6, 6.07) is 87.0. The van der Waals surface area contributed by atoms with Crippen molar-refractivity contribution < 1.29 is 9.47 Å². The van der Waals surface area contributed by atoms with Gasteiger partial charge >= 0.3 is 0 Å². The molecule has 0 saturated carbocycles. The van der Waals surface area contributed by atoms with Crippen molar-refractivity contribution in [1.82, 2.24) is 0 Å². The molecule has 0 bridgehead atoms. The molecule has 0 N–H and O–H groups in total. The summed E-state index contributed by atoms with van der Waals surface area (Å²) in [6.07, 6.45) is 0. The lowest BCUT2D eigenvalue weighted by Gasteiger charge is -2.35. The van der Waals surface area contributed by atoms with Gasteiger partial charge in [-0.05, 0) is 139 Å². The standard InChI is InChI=1S/C63H40N2O2/c1-3-21-45(22-4-1)64(47-33-31-41-17-7-9-19-43(41)37-47)57-35-36-58(65(46-23-5-2-6-24-46)48-34-32-42-18-8-10-20-44(42)38-48)62-61(57)66-59-39-52-51-27-13-16-30-55(51)63(56(52)40-60(59)67-62)53-28-14-11-25-49(53)50-26-12-15-29-54(50)63/h1-40H. The highest BCUT2D eigenvalue weighted by molar-refractivity contribution is 5.98. The van der Waals surface area contributed by atoms with Crippen LogP contribution in [-0.2, 0) is 5.41 Å². The van der Waals surface area contributed by atoms with Gasteiger partial charge in [-0.3, -0.25) is 0 Å². The molecular weight excluding hydrogens is 817 g/mol. The molecule has 3 aliphatic rings. The lowest BCUT2D eigenvalue weighted by Crippen LogP contribution is -2.26. The Balaban J connectivity index is 1.03. The molecule has 14 rings (SSSR count). The first-order valence-electron chi connectivity index (χ1n) is 22.9. The van der Waals surface area contributed by atoms with Crippen LogP contribution >= 0.6 is 0 Å². The summed E-state index contributed by atoms with van der Waals surface area (Å²) in [5.74, 6) is 2.59. The highest BCUT2D eigenvalue weighted by Gasteiger charge is 2.52. The number of nitrogens with zero attached hydrogens (tertiary/aromatic N) is 2. The minimum absolute atomic E-state index is 0.538. The Kier molecular flexibility index (Phi) is 8.16. The Labute approximate surface area is 388 Å². The summed E-state index contributed by atoms with van der Waals surface area (Å²) in [6.45, 7) is 0. The van der Waals surface area contributed by atoms with Crippen LogP contribution in [0.5, 0.6) is 23.0 Å². The van der Waals surface area contributed by atoms with Gasteiger partial charge in [-0.1, -0.05) is 170 Å². The average molecular weight is 857 g/mol. The van der Waals surface area contributed by atoms with Crippen molar-refractivity contribution in [2.75, 3.05) is 9.80 Å². The predicted octanol–water partition coefficient (Wildman–Crippen LogP) is 17.2. The van der Waals surface area contributed by atoms with Crippen LogP contribution in [0.1, 0.15) is 22.3 Å². The van der Waals surface area contributed by atoms with Crippen molar-refractivity contribution >= 4 is 55.7 Å². The van der Waals surface area contributed by atoms with Crippen molar-refractivity contribution in [3.05, 3.63) is 265 Å². The quantitative estimate of drug-likeness (QED) is 0.166. The minimum atomic E-state index is -0.538. The average Bonchev–Trinajstić information content (AvgIpc) is 3.85. The van der Waals surface area contributed by atoms with Gasteiger partial charge in [0.1, 0.15) is 0 Å². The van der Waals surface area contributed by atoms with Gasteiger partial charge in [-0.25, -0.2) is 0 Å². The zero-order chi connectivity index (χ0) is 44.1. The van der Waals surface area contributed by atoms with E-state index in [9.17, 15) is 0 Å². The SMILES string of the molecule is c1ccc(N(c2ccc3ccccc3c2)c2ccc(N(c3ccccc3)c3ccc4ccccc4c3)c3c2Oc2cc4c(cc2O3)C2(c3ccccc3-c3ccccc32)c2ccccc2-4)cc1. The minimum Gasteiger partial charge on any atom is -0.447 e. The number of fused-ring (bicyclic) bond motifs is 14. The smallest absolute Gasteiger partial charge is 0.196 e. The summed E-state index contributed by atoms with van der Waals surface area (Å²) in [7, 11) is 0. The Morgan fingerprint density at radius 1 is 0.269 bits per heavy atom. The van der Waals surface area contributed by atoms with E-state index in [0.29, 0.717) is 23.0 Å². The first-order chi connectivity index (χ1) is 33.2. The van der Waals surface area contributed by atoms with Crippen molar-refractivity contribution in [3.63, 3.8) is 0 Å². The van der Waals surface area contributed by atoms with Crippen LogP contribution in [0.15, 0.2) is 243 Å². The van der Waals surface area contributed by atoms with Crippen molar-refractivity contribution in [2.45, 2.75) is 5.41 Å². The zero-order valence-electron chi connectivity index (χ0n) is 36.3. The van der Waals surface area contributed by atoms with Crippen LogP contribution in [0.25, 0.3) is 43.8 Å². The number of hydrogen-bond acceptors (Lipinski definition) is 4. The molecule has 1 heterocycles. The van der Waals surface area contributed by atoms with E-state index in [-0.39, 0.29) is 0 Å². The fourth-order valence-corrected chi connectivity index (χ4v) is 11.2. The molecule has 0 unspecified atom stereocenters. The second-order valence-electron chi connectivity index (χ2n) is 17.6. The van der Waals surface area contributed by atoms with Gasteiger partial charge in [0.2, 0.25) is 0 Å². The molecule has 4 nitrogen and oxygen atoms in total. The Hall–Kier alpha value is -8.86. The lowest BCUT2D eigenvalue weighted by molar-refractivity contribution is 0.361. The van der Waals surface area contributed by atoms with Gasteiger partial charge in [0.05, 0.1) is 16.8 Å². The van der Waals surface area contributed by atoms with Crippen LogP contribution in [0, 0.1) is 0 Å². The highest BCUT2D eigenvalue weighted by atomic mass is 16.6. The maximum Gasteiger partial charge on any atom is 0.196 e. The van der Waals surface area contributed by atoms with Crippen molar-refractivity contribution in [1.29, 1.82) is 0 Å². The monoisotopic (exact) mass is 856 g/mol. The number of anilines is 6. The molecule has 11 aromatic rings. The molecule has 0 saturated heterocycles. The Morgan fingerprint density at radius 2 is 0.657 bits per heavy atom. The second kappa shape index (κ2) is 14.6. The van der Waals surface area contributed by atoms with Crippen LogP contribution in [0.3, 0.4) is 0 Å². The molecule has 67 heavy (non-hydrogen) atoms. The first-order valence-corrected chi connectivity index (χ1v) is 22.9. The van der Waals surface area contributed by atoms with Gasteiger partial charge < -0.3 is 19.3 Å². The number of hydrogen-bond donors (Lipinski definition) is 0. The van der Waals surface area contributed by atoms with Crippen molar-refractivity contribution in [2.24, 2.45) is 0 Å². The van der Waals surface area contributed by atoms with Crippen LogP contribution in [0.2, 0.25) is 0 Å². The van der Waals surface area contributed by atoms with Crippen LogP contribution < -0.4 is 19.3 Å². The number of rotatable bonds is 6. The molecule has 11 aromatic carbocycles. The molecule has 314 valence electrons. The van der Waals surface area contributed by atoms with E-state index in [4.69, 9.17) is 9.47 Å². The molecule has 0 amide bonds. The van der Waals surface area contributed by atoms with E-state index in [1.807, 2.05) is 0 Å². The third-order valence-electron chi connectivity index (χ3n) is 14.0. The fraction of sp³-hybridized carbons (Fsp3) is 0.0159. The van der Waals surface area contributed by atoms with E-state index in [1.54, 1.807) is 0 Å². The van der Waals surface area contributed by atoms with E-state index in [1.165, 1.54) is 49.7 Å². The maximum absolute atomic E-state index is 7.56. The highest BCUT2D eigenvalue weighted by Crippen LogP contribution is 2.66. The summed E-state index contributed by atoms with van der Waals surface area (Å²) in [4.78, 5) is 4.58. The predicted molar refractivity (Wildman–Crippen MR) is 274 cm³/mol. The van der Waals surface area contributed by atoms with Gasteiger partial charge in [0.25, 0.3) is 0 Å². The van der Waals surface area contributed by atoms with Crippen molar-refractivity contribution in [3.8, 4) is 45.3 Å². The summed E-state index contributed by atoms with van der Waals surface area (Å²) in [5, 5.41) is 4.66. The molecule has 2 aliphatic carbocycles. The molecule has 0 fully saturated rings. The maximum atomic E-state index is 7.56. The van der Waals surface area contributed by atoms with E-state index < -0.39 is 5.41 Å². The summed E-state index contributed by atoms with van der Waals surface area (Å²) in [5.41, 5.74) is 15.1. The Bertz CT molecular complexity index is 3740. The van der Waals surface area contributed by atoms with E-state index in [0.717, 1.165) is 50.5 Å². The van der Waals surface area contributed by atoms with E-state index >= 15 is 0 Å². The summed E-state index contributed by atoms with van der Waals surface area (Å²) < 4.78 is 15.1. The second-order valence-corrected chi connectivity index (χ2v) is 17.6. The molecule has 0 atom stereocenters. The van der Waals surface area contributed by atoms with Gasteiger partial charge in [-0.15, -0.1) is 0 Å². The molecule has 1 aliphatic heterocycles. The van der Waals surface area contributed by atoms with Gasteiger partial charge in [-0.2, -0.15) is 0 Å². The van der Waals surface area contributed by atoms with Gasteiger partial charge in [0, 0.05) is 22.7 Å². The third-order valence-corrected chi connectivity index (χ3v) is 14.0. The molecular formula is C63H40N2O2. The Morgan fingerprint density at radius 3 is 1.13 bits per heavy atom. The van der Waals surface area contributed by atoms with Crippen LogP contribution in [0.4, 0.5) is 34.1 Å². The third kappa shape index (κ3) is 5.54. The van der Waals surface area contributed by atoms with Gasteiger partial charge in [0.15, 0.2) is 23.0 Å². The largest absolute Gasteiger partial charge is 0.447 e. The first kappa shape index (κ1) is 37.5. The molecule has 0 aromatic heterocycles. The number of ether oxygens (including phenoxy) is 2. The lowest BCUT2D eigenvalue weighted by atomic mass is 9.70. The molecule has 4 heteroatoms. The normalized spacial score (nSPS) is 13.1. The topological polar surface area (TPSA) is 24.9 Å². The van der Waals surface area contributed by atoms with Crippen LogP contribution in [-0.4, -0.2) is 0 Å². The molecule has 0 radical (unpaired) electrons. The molecule has 1 spiro atoms.